The molecule has 0 saturated carbocycles. The molecule has 3 aliphatic rings. The van der Waals surface area contributed by atoms with E-state index in [1.54, 1.807) is 6.08 Å². The first kappa shape index (κ1) is 74.7. The normalized spacial score (nSPS) is 29.9. The van der Waals surface area contributed by atoms with Crippen molar-refractivity contribution in [2.45, 2.75) is 266 Å². The number of carbonyl (C=O) groups excluding carboxylic acids is 1. The third kappa shape index (κ3) is 29.4. The lowest BCUT2D eigenvalue weighted by atomic mass is 9.96. The lowest BCUT2D eigenvalue weighted by Crippen LogP contribution is -2.66. The highest BCUT2D eigenvalue weighted by atomic mass is 16.8. The molecule has 0 bridgehead atoms. The highest BCUT2D eigenvalue weighted by molar-refractivity contribution is 5.76. The number of nitrogens with one attached hydrogen (secondary N) is 1. The first-order chi connectivity index (χ1) is 40.8. The second kappa shape index (κ2) is 46.6. The fourth-order valence-corrected chi connectivity index (χ4v) is 9.71. The Bertz CT molecular complexity index is 1950. The average molecular weight is 1190 g/mol. The number of aliphatic hydroxyl groups is 11. The van der Waals surface area contributed by atoms with Crippen LogP contribution in [0, 0.1) is 0 Å². The van der Waals surface area contributed by atoms with Gasteiger partial charge in [-0.2, -0.15) is 0 Å². The van der Waals surface area contributed by atoms with E-state index in [2.05, 4.69) is 116 Å². The molecule has 0 aliphatic carbocycles. The molecule has 0 radical (unpaired) electrons. The van der Waals surface area contributed by atoms with Crippen molar-refractivity contribution in [2.75, 3.05) is 26.4 Å². The summed E-state index contributed by atoms with van der Waals surface area (Å²) in [7, 11) is 0. The molecular formula is C65H107NO18. The van der Waals surface area contributed by atoms with Crippen molar-refractivity contribution in [3.05, 3.63) is 109 Å². The maximum Gasteiger partial charge on any atom is 0.220 e. The Labute approximate surface area is 500 Å². The van der Waals surface area contributed by atoms with Crippen LogP contribution in [0.4, 0.5) is 0 Å². The van der Waals surface area contributed by atoms with Crippen LogP contribution in [0.25, 0.3) is 0 Å². The van der Waals surface area contributed by atoms with E-state index in [-0.39, 0.29) is 18.9 Å². The zero-order valence-corrected chi connectivity index (χ0v) is 50.1. The van der Waals surface area contributed by atoms with Gasteiger partial charge in [-0.3, -0.25) is 4.79 Å². The minimum atomic E-state index is -1.99. The highest BCUT2D eigenvalue weighted by Crippen LogP contribution is 2.33. The van der Waals surface area contributed by atoms with Crippen molar-refractivity contribution in [3.8, 4) is 0 Å². The molecular weight excluding hydrogens is 1080 g/mol. The standard InChI is InChI=1S/C65H107NO18/c1-3-5-7-9-11-13-15-16-17-18-19-20-21-22-23-24-25-26-27-28-29-30-31-32-33-35-37-39-41-43-53(71)66-48(49(70)42-40-38-36-34-14-12-10-8-6-4-2)47-79-63-59(77)56(74)61(51(45-68)81-63)84-65-60(78)57(75)62(52(46-69)82-65)83-64-58(76)55(73)54(72)50(44-67)80-64/h5,7,11,13-14,16-17,19-20,22-23,25-26,28-29,34,40,42,48-52,54-65,67-70,72-78H,3-4,6,8-10,12,15,18,21,24,27,30-33,35-39,41,43-47H2,1-2H3,(H,66,71)/b7-5-,13-11-,17-16-,20-19-,23-22-,26-25-,29-28-,34-14+,42-40+. The second-order valence-corrected chi connectivity index (χ2v) is 21.8. The van der Waals surface area contributed by atoms with E-state index in [4.69, 9.17) is 28.4 Å². The summed E-state index contributed by atoms with van der Waals surface area (Å²) < 4.78 is 34.2. The molecule has 1 amide bonds. The minimum Gasteiger partial charge on any atom is -0.394 e. The molecule has 19 heteroatoms. The zero-order valence-electron chi connectivity index (χ0n) is 50.1. The summed E-state index contributed by atoms with van der Waals surface area (Å²) in [6.07, 6.45) is 33.7. The van der Waals surface area contributed by atoms with E-state index >= 15 is 0 Å². The summed E-state index contributed by atoms with van der Waals surface area (Å²) in [6.45, 7) is 1.50. The van der Waals surface area contributed by atoms with Gasteiger partial charge in [-0.05, 0) is 89.9 Å². The zero-order chi connectivity index (χ0) is 61.2. The first-order valence-corrected chi connectivity index (χ1v) is 31.1. The number of carbonyl (C=O) groups is 1. The molecule has 0 aromatic carbocycles. The summed E-state index contributed by atoms with van der Waals surface area (Å²) in [4.78, 5) is 13.3. The van der Waals surface area contributed by atoms with Gasteiger partial charge in [0.1, 0.15) is 73.2 Å². The third-order valence-electron chi connectivity index (χ3n) is 14.8. The van der Waals surface area contributed by atoms with Crippen LogP contribution in [0.3, 0.4) is 0 Å². The van der Waals surface area contributed by atoms with E-state index in [1.165, 1.54) is 19.3 Å². The lowest BCUT2D eigenvalue weighted by molar-refractivity contribution is -0.379. The van der Waals surface area contributed by atoms with Gasteiger partial charge in [0.2, 0.25) is 5.91 Å². The Kier molecular flexibility index (Phi) is 41.4. The molecule has 19 nitrogen and oxygen atoms in total. The molecule has 3 saturated heterocycles. The van der Waals surface area contributed by atoms with Crippen LogP contribution in [-0.2, 0) is 33.2 Å². The number of ether oxygens (including phenoxy) is 6. The summed E-state index contributed by atoms with van der Waals surface area (Å²) >= 11 is 0. The number of aliphatic hydroxyl groups excluding tert-OH is 11. The molecule has 0 aromatic heterocycles. The molecule has 0 spiro atoms. The Hall–Kier alpha value is -3.55. The topological polar surface area (TPSA) is 307 Å². The van der Waals surface area contributed by atoms with Crippen molar-refractivity contribution in [2.24, 2.45) is 0 Å². The lowest BCUT2D eigenvalue weighted by Gasteiger charge is -2.48. The van der Waals surface area contributed by atoms with Crippen molar-refractivity contribution >= 4 is 5.91 Å². The van der Waals surface area contributed by atoms with Crippen LogP contribution in [-0.4, -0.2) is 193 Å². The van der Waals surface area contributed by atoms with Crippen LogP contribution in [0.5, 0.6) is 0 Å². The molecule has 17 atom stereocenters. The molecule has 0 aromatic rings. The average Bonchev–Trinajstić information content (AvgIpc) is 2.80. The van der Waals surface area contributed by atoms with E-state index in [0.717, 1.165) is 109 Å². The predicted octanol–water partition coefficient (Wildman–Crippen LogP) is 6.31. The van der Waals surface area contributed by atoms with Gasteiger partial charge in [-0.1, -0.05) is 175 Å². The molecule has 17 unspecified atom stereocenters. The fourth-order valence-electron chi connectivity index (χ4n) is 9.71. The van der Waals surface area contributed by atoms with Gasteiger partial charge in [-0.25, -0.2) is 0 Å². The van der Waals surface area contributed by atoms with Crippen molar-refractivity contribution < 1.29 is 89.4 Å². The Balaban J connectivity index is 1.42. The van der Waals surface area contributed by atoms with E-state index < -0.39 is 124 Å². The number of allylic oxidation sites excluding steroid dienone is 17. The Morgan fingerprint density at radius 2 is 0.833 bits per heavy atom. The third-order valence-corrected chi connectivity index (χ3v) is 14.8. The maximum atomic E-state index is 13.3. The number of hydrogen-bond donors (Lipinski definition) is 12. The van der Waals surface area contributed by atoms with E-state index in [1.807, 2.05) is 6.08 Å². The fraction of sp³-hybridized carbons (Fsp3) is 0.708. The minimum absolute atomic E-state index is 0.214. The van der Waals surface area contributed by atoms with Crippen LogP contribution in [0.2, 0.25) is 0 Å². The number of rotatable bonds is 44. The molecule has 12 N–H and O–H groups in total. The Morgan fingerprint density at radius 1 is 0.440 bits per heavy atom. The summed E-state index contributed by atoms with van der Waals surface area (Å²) in [5, 5.41) is 120. The summed E-state index contributed by atoms with van der Waals surface area (Å²) in [6, 6.07) is -1.00. The van der Waals surface area contributed by atoms with Crippen molar-refractivity contribution in [3.63, 3.8) is 0 Å². The highest BCUT2D eigenvalue weighted by Gasteiger charge is 2.53. The SMILES string of the molecule is CC/C=C\C/C=C\C/C=C\C/C=C\C/C=C\C/C=C\C/C=C\CCCCCCCCCC(=O)NC(COC1OC(CO)C(OC2OC(CO)C(OC3OC(CO)C(O)C(O)C3O)C(O)C2O)C(O)C1O)C(O)/C=C/CC/C=C/CCCCCC. The van der Waals surface area contributed by atoms with Gasteiger partial charge in [0.15, 0.2) is 18.9 Å². The number of amides is 1. The smallest absolute Gasteiger partial charge is 0.220 e. The molecule has 480 valence electrons. The number of hydrogen-bond acceptors (Lipinski definition) is 18. The van der Waals surface area contributed by atoms with E-state index in [0.29, 0.717) is 12.8 Å². The Morgan fingerprint density at radius 3 is 1.33 bits per heavy atom. The summed E-state index contributed by atoms with van der Waals surface area (Å²) in [5.74, 6) is -0.306. The largest absolute Gasteiger partial charge is 0.394 e. The van der Waals surface area contributed by atoms with Crippen LogP contribution >= 0.6 is 0 Å². The van der Waals surface area contributed by atoms with Gasteiger partial charge in [0.25, 0.3) is 0 Å². The molecule has 3 fully saturated rings. The number of unbranched alkanes of at least 4 members (excludes halogenated alkanes) is 12. The van der Waals surface area contributed by atoms with Gasteiger partial charge in [-0.15, -0.1) is 0 Å². The molecule has 3 aliphatic heterocycles. The maximum absolute atomic E-state index is 13.3. The molecule has 3 heterocycles. The van der Waals surface area contributed by atoms with Crippen molar-refractivity contribution in [1.29, 1.82) is 0 Å². The van der Waals surface area contributed by atoms with Gasteiger partial charge in [0, 0.05) is 6.42 Å². The van der Waals surface area contributed by atoms with Crippen molar-refractivity contribution in [1.82, 2.24) is 5.32 Å². The monoisotopic (exact) mass is 1190 g/mol. The van der Waals surface area contributed by atoms with E-state index in [9.17, 15) is 61.0 Å². The van der Waals surface area contributed by atoms with Crippen LogP contribution in [0.15, 0.2) is 109 Å². The quantitative estimate of drug-likeness (QED) is 0.0235. The molecule has 84 heavy (non-hydrogen) atoms. The van der Waals surface area contributed by atoms with Crippen LogP contribution in [0.1, 0.15) is 162 Å². The predicted molar refractivity (Wildman–Crippen MR) is 323 cm³/mol. The van der Waals surface area contributed by atoms with Gasteiger partial charge >= 0.3 is 0 Å². The van der Waals surface area contributed by atoms with Gasteiger partial charge < -0.3 is 89.9 Å². The first-order valence-electron chi connectivity index (χ1n) is 31.1. The summed E-state index contributed by atoms with van der Waals surface area (Å²) in [5.41, 5.74) is 0. The van der Waals surface area contributed by atoms with Crippen LogP contribution < -0.4 is 5.32 Å². The second-order valence-electron chi connectivity index (χ2n) is 21.8. The molecule has 3 rings (SSSR count). The van der Waals surface area contributed by atoms with Gasteiger partial charge in [0.05, 0.1) is 38.6 Å².